The fourth-order valence-electron chi connectivity index (χ4n) is 2.59. The maximum absolute atomic E-state index is 5.74. The number of nitrogens with one attached hydrogen (secondary N) is 1. The highest BCUT2D eigenvalue weighted by Crippen LogP contribution is 2.38. The van der Waals surface area contributed by atoms with E-state index in [-0.39, 0.29) is 6.04 Å². The summed E-state index contributed by atoms with van der Waals surface area (Å²) in [6.07, 6.45) is 0.931. The third kappa shape index (κ3) is 3.00. The topological polar surface area (TPSA) is 30.5 Å². The van der Waals surface area contributed by atoms with Crippen LogP contribution in [0.25, 0.3) is 0 Å². The van der Waals surface area contributed by atoms with E-state index in [1.54, 1.807) is 7.11 Å². The van der Waals surface area contributed by atoms with Crippen molar-refractivity contribution < 1.29 is 9.47 Å². The molecule has 0 aromatic heterocycles. The van der Waals surface area contributed by atoms with Crippen LogP contribution in [0.15, 0.2) is 40.9 Å². The van der Waals surface area contributed by atoms with Gasteiger partial charge in [-0.1, -0.05) is 6.07 Å². The Labute approximate surface area is 133 Å². The third-order valence-corrected chi connectivity index (χ3v) is 4.40. The summed E-state index contributed by atoms with van der Waals surface area (Å²) in [5, 5.41) is 3.62. The van der Waals surface area contributed by atoms with Crippen LogP contribution in [-0.2, 0) is 0 Å². The van der Waals surface area contributed by atoms with Gasteiger partial charge >= 0.3 is 0 Å². The summed E-state index contributed by atoms with van der Waals surface area (Å²) < 4.78 is 12.1. The molecule has 1 N–H and O–H groups in total. The number of halogens is 1. The summed E-state index contributed by atoms with van der Waals surface area (Å²) in [7, 11) is 1.69. The molecule has 1 atom stereocenters. The Morgan fingerprint density at radius 1 is 1.24 bits per heavy atom. The zero-order valence-electron chi connectivity index (χ0n) is 12.2. The summed E-state index contributed by atoms with van der Waals surface area (Å²) in [4.78, 5) is 0. The lowest BCUT2D eigenvalue weighted by molar-refractivity contribution is 0.273. The summed E-state index contributed by atoms with van der Waals surface area (Å²) in [5.74, 6) is 1.79. The van der Waals surface area contributed by atoms with Gasteiger partial charge in [-0.05, 0) is 58.7 Å². The van der Waals surface area contributed by atoms with E-state index >= 15 is 0 Å². The van der Waals surface area contributed by atoms with Gasteiger partial charge < -0.3 is 14.8 Å². The second-order valence-electron chi connectivity index (χ2n) is 5.22. The zero-order chi connectivity index (χ0) is 14.8. The molecule has 110 valence electrons. The quantitative estimate of drug-likeness (QED) is 0.872. The number of aryl methyl sites for hydroxylation is 1. The summed E-state index contributed by atoms with van der Waals surface area (Å²) in [5.41, 5.74) is 3.49. The molecule has 2 aromatic rings. The van der Waals surface area contributed by atoms with E-state index < -0.39 is 0 Å². The van der Waals surface area contributed by atoms with Crippen LogP contribution < -0.4 is 14.8 Å². The predicted octanol–water partition coefficient (Wildman–Crippen LogP) is 4.70. The van der Waals surface area contributed by atoms with Gasteiger partial charge in [-0.15, -0.1) is 0 Å². The summed E-state index contributed by atoms with van der Waals surface area (Å²) in [6.45, 7) is 2.82. The molecular weight excluding hydrogens is 330 g/mol. The van der Waals surface area contributed by atoms with Crippen LogP contribution in [0, 0.1) is 6.92 Å². The average molecular weight is 348 g/mol. The van der Waals surface area contributed by atoms with Crippen LogP contribution in [-0.4, -0.2) is 13.7 Å². The lowest BCUT2D eigenvalue weighted by atomic mass is 9.99. The van der Waals surface area contributed by atoms with Crippen molar-refractivity contribution in [3.05, 3.63) is 52.0 Å². The Hall–Kier alpha value is -1.68. The first kappa shape index (κ1) is 14.3. The minimum absolute atomic E-state index is 0.224. The number of fused-ring (bicyclic) bond motifs is 1. The predicted molar refractivity (Wildman–Crippen MR) is 88.3 cm³/mol. The maximum atomic E-state index is 5.74. The largest absolute Gasteiger partial charge is 0.497 e. The van der Waals surface area contributed by atoms with Gasteiger partial charge in [0.05, 0.1) is 19.8 Å². The first-order valence-corrected chi connectivity index (χ1v) is 7.80. The Morgan fingerprint density at radius 3 is 2.90 bits per heavy atom. The van der Waals surface area contributed by atoms with Crippen LogP contribution in [0.5, 0.6) is 11.5 Å². The second kappa shape index (κ2) is 5.98. The molecule has 3 rings (SSSR count). The van der Waals surface area contributed by atoms with Crippen molar-refractivity contribution in [2.24, 2.45) is 0 Å². The fraction of sp³-hybridized carbons (Fsp3) is 0.294. The van der Waals surface area contributed by atoms with Crippen LogP contribution >= 0.6 is 15.9 Å². The van der Waals surface area contributed by atoms with Gasteiger partial charge in [-0.2, -0.15) is 0 Å². The Bertz CT molecular complexity index is 657. The maximum Gasteiger partial charge on any atom is 0.124 e. The normalized spacial score (nSPS) is 16.8. The van der Waals surface area contributed by atoms with Gasteiger partial charge in [0.25, 0.3) is 0 Å². The van der Waals surface area contributed by atoms with E-state index in [1.807, 2.05) is 12.1 Å². The molecule has 0 radical (unpaired) electrons. The van der Waals surface area contributed by atoms with E-state index in [0.29, 0.717) is 0 Å². The third-order valence-electron chi connectivity index (χ3n) is 3.71. The monoisotopic (exact) mass is 347 g/mol. The number of hydrogen-bond acceptors (Lipinski definition) is 3. The molecule has 21 heavy (non-hydrogen) atoms. The van der Waals surface area contributed by atoms with E-state index in [0.717, 1.165) is 40.3 Å². The molecule has 2 aromatic carbocycles. The second-order valence-corrected chi connectivity index (χ2v) is 6.08. The zero-order valence-corrected chi connectivity index (χ0v) is 13.7. The van der Waals surface area contributed by atoms with Gasteiger partial charge in [0, 0.05) is 22.1 Å². The molecule has 0 bridgehead atoms. The van der Waals surface area contributed by atoms with Gasteiger partial charge in [0.1, 0.15) is 11.5 Å². The Morgan fingerprint density at radius 2 is 2.10 bits per heavy atom. The first-order valence-electron chi connectivity index (χ1n) is 7.01. The molecule has 1 aliphatic rings. The molecule has 0 saturated heterocycles. The van der Waals surface area contributed by atoms with E-state index in [2.05, 4.69) is 52.4 Å². The molecule has 0 saturated carbocycles. The number of ether oxygens (including phenoxy) is 2. The minimum atomic E-state index is 0.224. The van der Waals surface area contributed by atoms with Gasteiger partial charge in [-0.25, -0.2) is 0 Å². The van der Waals surface area contributed by atoms with E-state index in [1.165, 1.54) is 5.56 Å². The van der Waals surface area contributed by atoms with E-state index in [4.69, 9.17) is 9.47 Å². The molecule has 1 unspecified atom stereocenters. The van der Waals surface area contributed by atoms with Crippen LogP contribution in [0.4, 0.5) is 5.69 Å². The standard InChI is InChI=1S/C17H18BrNO2/c1-11-3-5-14(18)16(9-11)19-15-7-8-21-17-6-4-12(20-2)10-13(15)17/h3-6,9-10,15,19H,7-8H2,1-2H3. The van der Waals surface area contributed by atoms with Crippen molar-refractivity contribution in [2.75, 3.05) is 19.0 Å². The first-order chi connectivity index (χ1) is 10.2. The van der Waals surface area contributed by atoms with Crippen molar-refractivity contribution in [3.63, 3.8) is 0 Å². The highest BCUT2D eigenvalue weighted by atomic mass is 79.9. The van der Waals surface area contributed by atoms with Gasteiger partial charge in [-0.3, -0.25) is 0 Å². The van der Waals surface area contributed by atoms with E-state index in [9.17, 15) is 0 Å². The molecule has 1 heterocycles. The fourth-order valence-corrected chi connectivity index (χ4v) is 2.95. The Kier molecular flexibility index (Phi) is 4.06. The van der Waals surface area contributed by atoms with Crippen LogP contribution in [0.3, 0.4) is 0 Å². The van der Waals surface area contributed by atoms with Crippen molar-refractivity contribution in [1.82, 2.24) is 0 Å². The molecule has 3 nitrogen and oxygen atoms in total. The number of rotatable bonds is 3. The minimum Gasteiger partial charge on any atom is -0.497 e. The average Bonchev–Trinajstić information content (AvgIpc) is 2.51. The lowest BCUT2D eigenvalue weighted by Crippen LogP contribution is -2.20. The van der Waals surface area contributed by atoms with Crippen molar-refractivity contribution in [2.45, 2.75) is 19.4 Å². The van der Waals surface area contributed by atoms with Gasteiger partial charge in [0.15, 0.2) is 0 Å². The molecule has 0 aliphatic carbocycles. The van der Waals surface area contributed by atoms with Crippen molar-refractivity contribution in [1.29, 1.82) is 0 Å². The lowest BCUT2D eigenvalue weighted by Gasteiger charge is -2.28. The summed E-state index contributed by atoms with van der Waals surface area (Å²) >= 11 is 3.61. The number of hydrogen-bond donors (Lipinski definition) is 1. The smallest absolute Gasteiger partial charge is 0.124 e. The highest BCUT2D eigenvalue weighted by Gasteiger charge is 2.22. The Balaban J connectivity index is 1.92. The SMILES string of the molecule is COc1ccc2c(c1)C(Nc1cc(C)ccc1Br)CCO2. The molecule has 0 spiro atoms. The van der Waals surface area contributed by atoms with Crippen molar-refractivity contribution >= 4 is 21.6 Å². The summed E-state index contributed by atoms with van der Waals surface area (Å²) in [6, 6.07) is 12.5. The van der Waals surface area contributed by atoms with Gasteiger partial charge in [0.2, 0.25) is 0 Å². The van der Waals surface area contributed by atoms with Crippen LogP contribution in [0.2, 0.25) is 0 Å². The van der Waals surface area contributed by atoms with Crippen molar-refractivity contribution in [3.8, 4) is 11.5 Å². The molecule has 0 amide bonds. The number of anilines is 1. The number of methoxy groups -OCH3 is 1. The van der Waals surface area contributed by atoms with Crippen LogP contribution in [0.1, 0.15) is 23.6 Å². The molecule has 0 fully saturated rings. The highest BCUT2D eigenvalue weighted by molar-refractivity contribution is 9.10. The molecule has 4 heteroatoms. The molecule has 1 aliphatic heterocycles. The molecular formula is C17H18BrNO2. The number of benzene rings is 2.